The summed E-state index contributed by atoms with van der Waals surface area (Å²) in [7, 11) is 0. The largest absolute Gasteiger partial charge is 0.354 e. The number of H-pyrrole nitrogens is 1. The fraction of sp³-hybridized carbons (Fsp3) is 0.410. The first-order valence-electron chi connectivity index (χ1n) is 16.9. The van der Waals surface area contributed by atoms with Crippen molar-refractivity contribution < 1.29 is 4.79 Å². The molecule has 1 unspecified atom stereocenters. The minimum Gasteiger partial charge on any atom is -0.354 e. The van der Waals surface area contributed by atoms with Crippen molar-refractivity contribution in [1.29, 1.82) is 0 Å². The standard InChI is InChI=1S/C39H46N6O/c1-25-18-26(2)20-29(19-25)37-36(27(3)22-40-17-16-28-6-9-31(10-7-28)44-23-41-42-24-44)34-21-30(8-15-35(34)43-37)39(4,5)38(46)45-32-11-12-33(45)14-13-32/h6-10,15,18-21,23-24,27,32-33,40,43H,11-14,16-17,22H2,1-5H3. The number of hydrogen-bond acceptors (Lipinski definition) is 4. The third-order valence-electron chi connectivity index (χ3n) is 10.5. The van der Waals surface area contributed by atoms with Crippen LogP contribution in [0, 0.1) is 13.8 Å². The van der Waals surface area contributed by atoms with Crippen molar-refractivity contribution in [2.45, 2.75) is 90.1 Å². The van der Waals surface area contributed by atoms with E-state index < -0.39 is 5.41 Å². The fourth-order valence-electron chi connectivity index (χ4n) is 7.97. The monoisotopic (exact) mass is 614 g/mol. The van der Waals surface area contributed by atoms with Gasteiger partial charge in [0.2, 0.25) is 5.91 Å². The van der Waals surface area contributed by atoms with Crippen LogP contribution in [0.2, 0.25) is 0 Å². The third-order valence-corrected chi connectivity index (χ3v) is 10.5. The molecule has 2 aliphatic rings. The van der Waals surface area contributed by atoms with Gasteiger partial charge in [0, 0.05) is 35.2 Å². The quantitative estimate of drug-likeness (QED) is 0.161. The minimum atomic E-state index is -0.584. The first-order chi connectivity index (χ1) is 22.2. The smallest absolute Gasteiger partial charge is 0.233 e. The summed E-state index contributed by atoms with van der Waals surface area (Å²) < 4.78 is 1.91. The number of amides is 1. The van der Waals surface area contributed by atoms with E-state index >= 15 is 0 Å². The van der Waals surface area contributed by atoms with Crippen molar-refractivity contribution in [2.24, 2.45) is 0 Å². The molecule has 2 aromatic heterocycles. The highest BCUT2D eigenvalue weighted by molar-refractivity contribution is 5.95. The van der Waals surface area contributed by atoms with E-state index in [1.807, 2.05) is 4.57 Å². The van der Waals surface area contributed by atoms with Crippen LogP contribution in [-0.2, 0) is 16.6 Å². The highest BCUT2D eigenvalue weighted by Crippen LogP contribution is 2.42. The second-order valence-electron chi connectivity index (χ2n) is 14.2. The average molecular weight is 615 g/mol. The molecular weight excluding hydrogens is 568 g/mol. The predicted molar refractivity (Wildman–Crippen MR) is 185 cm³/mol. The van der Waals surface area contributed by atoms with E-state index in [1.165, 1.54) is 38.9 Å². The molecule has 2 N–H and O–H groups in total. The molecule has 2 fully saturated rings. The maximum atomic E-state index is 14.1. The van der Waals surface area contributed by atoms with Gasteiger partial charge in [-0.25, -0.2) is 0 Å². The number of hydrogen-bond donors (Lipinski definition) is 2. The number of aromatic nitrogens is 4. The number of rotatable bonds is 10. The number of fused-ring (bicyclic) bond motifs is 3. The second-order valence-corrected chi connectivity index (χ2v) is 14.2. The van der Waals surface area contributed by atoms with Gasteiger partial charge in [-0.3, -0.25) is 9.36 Å². The lowest BCUT2D eigenvalue weighted by atomic mass is 9.81. The van der Waals surface area contributed by atoms with Crippen LogP contribution in [0.3, 0.4) is 0 Å². The summed E-state index contributed by atoms with van der Waals surface area (Å²) in [6.07, 6.45) is 9.02. The summed E-state index contributed by atoms with van der Waals surface area (Å²) in [5, 5.41) is 12.8. The van der Waals surface area contributed by atoms with Crippen LogP contribution in [0.5, 0.6) is 0 Å². The lowest BCUT2D eigenvalue weighted by Crippen LogP contribution is -2.45. The molecule has 238 valence electrons. The van der Waals surface area contributed by atoms with Crippen LogP contribution >= 0.6 is 0 Å². The first kappa shape index (κ1) is 30.4. The number of nitrogens with zero attached hydrogens (tertiary/aromatic N) is 4. The molecule has 0 saturated carbocycles. The second kappa shape index (κ2) is 12.2. The molecule has 7 rings (SSSR count). The molecule has 4 heterocycles. The summed E-state index contributed by atoms with van der Waals surface area (Å²) in [4.78, 5) is 20.1. The zero-order chi connectivity index (χ0) is 32.0. The molecule has 0 radical (unpaired) electrons. The molecule has 1 atom stereocenters. The van der Waals surface area contributed by atoms with Crippen LogP contribution in [-0.4, -0.2) is 55.7 Å². The van der Waals surface area contributed by atoms with Crippen LogP contribution < -0.4 is 5.32 Å². The van der Waals surface area contributed by atoms with Gasteiger partial charge >= 0.3 is 0 Å². The van der Waals surface area contributed by atoms with Crippen LogP contribution in [0.15, 0.2) is 73.3 Å². The Morgan fingerprint density at radius 1 is 0.935 bits per heavy atom. The van der Waals surface area contributed by atoms with Gasteiger partial charge in [-0.1, -0.05) is 42.3 Å². The van der Waals surface area contributed by atoms with E-state index in [0.717, 1.165) is 62.0 Å². The van der Waals surface area contributed by atoms with Gasteiger partial charge < -0.3 is 15.2 Å². The molecular formula is C39H46N6O. The number of aromatic amines is 1. The van der Waals surface area contributed by atoms with Gasteiger partial charge in [-0.2, -0.15) is 0 Å². The summed E-state index contributed by atoms with van der Waals surface area (Å²) >= 11 is 0. The lowest BCUT2D eigenvalue weighted by molar-refractivity contribution is -0.137. The van der Waals surface area contributed by atoms with E-state index in [9.17, 15) is 4.79 Å². The van der Waals surface area contributed by atoms with Gasteiger partial charge in [0.15, 0.2) is 0 Å². The maximum Gasteiger partial charge on any atom is 0.233 e. The van der Waals surface area contributed by atoms with Crippen molar-refractivity contribution in [3.63, 3.8) is 0 Å². The Morgan fingerprint density at radius 2 is 1.59 bits per heavy atom. The summed E-state index contributed by atoms with van der Waals surface area (Å²) in [5.74, 6) is 0.539. The number of carbonyl (C=O) groups is 1. The zero-order valence-corrected chi connectivity index (χ0v) is 27.8. The zero-order valence-electron chi connectivity index (χ0n) is 27.8. The van der Waals surface area contributed by atoms with Crippen molar-refractivity contribution in [2.75, 3.05) is 13.1 Å². The summed E-state index contributed by atoms with van der Waals surface area (Å²) in [6, 6.07) is 22.9. The molecule has 2 bridgehead atoms. The van der Waals surface area contributed by atoms with E-state index in [1.54, 1.807) is 12.7 Å². The van der Waals surface area contributed by atoms with E-state index in [0.29, 0.717) is 12.1 Å². The highest BCUT2D eigenvalue weighted by atomic mass is 16.2. The molecule has 2 saturated heterocycles. The number of carbonyl (C=O) groups excluding carboxylic acids is 1. The Hall–Kier alpha value is -4.23. The fourth-order valence-corrected chi connectivity index (χ4v) is 7.97. The SMILES string of the molecule is Cc1cc(C)cc(-c2[nH]c3ccc(C(C)(C)C(=O)N4C5CCC4CC5)cc3c2C(C)CNCCc2ccc(-n3cnnc3)cc2)c1. The molecule has 5 aromatic rings. The maximum absolute atomic E-state index is 14.1. The minimum absolute atomic E-state index is 0.254. The first-order valence-corrected chi connectivity index (χ1v) is 16.9. The Bertz CT molecular complexity index is 1810. The van der Waals surface area contributed by atoms with Gasteiger partial charge in [0.1, 0.15) is 12.7 Å². The van der Waals surface area contributed by atoms with Crippen molar-refractivity contribution in [3.8, 4) is 16.9 Å². The van der Waals surface area contributed by atoms with E-state index in [4.69, 9.17) is 0 Å². The van der Waals surface area contributed by atoms with Crippen molar-refractivity contribution >= 4 is 16.8 Å². The van der Waals surface area contributed by atoms with E-state index in [-0.39, 0.29) is 11.8 Å². The molecule has 1 amide bonds. The van der Waals surface area contributed by atoms with Crippen molar-refractivity contribution in [3.05, 3.63) is 101 Å². The van der Waals surface area contributed by atoms with Crippen molar-refractivity contribution in [1.82, 2.24) is 30.0 Å². The average Bonchev–Trinajstić information content (AvgIpc) is 3.86. The van der Waals surface area contributed by atoms with Gasteiger partial charge in [0.25, 0.3) is 0 Å². The number of benzene rings is 3. The lowest BCUT2D eigenvalue weighted by Gasteiger charge is -2.33. The Kier molecular flexibility index (Phi) is 8.05. The normalized spacial score (nSPS) is 18.5. The molecule has 3 aromatic carbocycles. The Morgan fingerprint density at radius 3 is 2.24 bits per heavy atom. The number of nitrogens with one attached hydrogen (secondary N) is 2. The molecule has 7 nitrogen and oxygen atoms in total. The molecule has 0 aliphatic carbocycles. The highest BCUT2D eigenvalue weighted by Gasteiger charge is 2.47. The molecule has 46 heavy (non-hydrogen) atoms. The van der Waals surface area contributed by atoms with Gasteiger partial charge in [-0.05, 0) is 131 Å². The van der Waals surface area contributed by atoms with Gasteiger partial charge in [0.05, 0.1) is 11.1 Å². The molecule has 2 aliphatic heterocycles. The third kappa shape index (κ3) is 5.66. The molecule has 7 heteroatoms. The predicted octanol–water partition coefficient (Wildman–Crippen LogP) is 7.40. The Labute approximate surface area is 272 Å². The van der Waals surface area contributed by atoms with Crippen LogP contribution in [0.4, 0.5) is 0 Å². The molecule has 0 spiro atoms. The Balaban J connectivity index is 1.15. The number of aryl methyl sites for hydroxylation is 2. The van der Waals surface area contributed by atoms with Crippen LogP contribution in [0.25, 0.3) is 27.8 Å². The summed E-state index contributed by atoms with van der Waals surface area (Å²) in [5.41, 5.74) is 10.2. The van der Waals surface area contributed by atoms with Crippen LogP contribution in [0.1, 0.15) is 80.2 Å². The van der Waals surface area contributed by atoms with Gasteiger partial charge in [-0.15, -0.1) is 10.2 Å². The summed E-state index contributed by atoms with van der Waals surface area (Å²) in [6.45, 7) is 12.6. The van der Waals surface area contributed by atoms with E-state index in [2.05, 4.69) is 121 Å². The topological polar surface area (TPSA) is 78.8 Å².